The van der Waals surface area contributed by atoms with E-state index in [0.717, 1.165) is 52.4 Å². The van der Waals surface area contributed by atoms with Crippen molar-refractivity contribution >= 4 is 78.4 Å². The van der Waals surface area contributed by atoms with Crippen LogP contribution in [0.1, 0.15) is 23.3 Å². The summed E-state index contributed by atoms with van der Waals surface area (Å²) >= 11 is 8.95. The standard InChI is InChI=1S/C31H24ClN3O4S2/c1-38-25-14-21-19-6-2-4-8-23(19)39-24(21)15-22(25)33-27(36)16-40-31-34-29-28(20-7-3-5-9-26(20)41-29)30(37)35(31)18-12-10-17(32)11-13-18/h2,4,6,8,10-15H,3,5,7,9,16H2,1H3,(H,33,36). The molecule has 1 aliphatic carbocycles. The van der Waals surface area contributed by atoms with Crippen molar-refractivity contribution in [3.8, 4) is 11.4 Å². The maximum absolute atomic E-state index is 13.9. The van der Waals surface area contributed by atoms with Crippen LogP contribution >= 0.6 is 34.7 Å². The Morgan fingerprint density at radius 1 is 1.10 bits per heavy atom. The second kappa shape index (κ2) is 10.6. The number of hydrogen-bond donors (Lipinski definition) is 1. The number of methoxy groups -OCH3 is 1. The number of para-hydroxylation sites is 1. The van der Waals surface area contributed by atoms with Crippen LogP contribution in [0, 0.1) is 0 Å². The minimum Gasteiger partial charge on any atom is -0.495 e. The molecule has 1 aliphatic rings. The number of anilines is 1. The van der Waals surface area contributed by atoms with Crippen LogP contribution in [0.15, 0.2) is 75.0 Å². The third-order valence-electron chi connectivity index (χ3n) is 7.35. The molecule has 7 rings (SSSR count). The van der Waals surface area contributed by atoms with Crippen molar-refractivity contribution in [1.82, 2.24) is 9.55 Å². The van der Waals surface area contributed by atoms with Crippen LogP contribution in [-0.2, 0) is 17.6 Å². The summed E-state index contributed by atoms with van der Waals surface area (Å²) in [5.41, 5.74) is 3.59. The number of aryl methyl sites for hydroxylation is 2. The number of amides is 1. The van der Waals surface area contributed by atoms with E-state index in [4.69, 9.17) is 25.7 Å². The maximum Gasteiger partial charge on any atom is 0.267 e. The molecule has 0 fully saturated rings. The first kappa shape index (κ1) is 26.1. The van der Waals surface area contributed by atoms with Gasteiger partial charge in [-0.25, -0.2) is 4.98 Å². The van der Waals surface area contributed by atoms with Crippen LogP contribution in [0.4, 0.5) is 5.69 Å². The Kier molecular flexibility index (Phi) is 6.73. The van der Waals surface area contributed by atoms with Gasteiger partial charge in [0.2, 0.25) is 5.91 Å². The van der Waals surface area contributed by atoms with E-state index in [9.17, 15) is 9.59 Å². The van der Waals surface area contributed by atoms with E-state index >= 15 is 0 Å². The second-order valence-electron chi connectivity index (χ2n) is 9.89. The molecule has 3 aromatic carbocycles. The van der Waals surface area contributed by atoms with Crippen LogP contribution in [0.25, 0.3) is 37.8 Å². The number of nitrogens with one attached hydrogen (secondary N) is 1. The summed E-state index contributed by atoms with van der Waals surface area (Å²) < 4.78 is 13.2. The fourth-order valence-electron chi connectivity index (χ4n) is 5.44. The molecule has 0 atom stereocenters. The van der Waals surface area contributed by atoms with Gasteiger partial charge in [0.1, 0.15) is 21.7 Å². The van der Waals surface area contributed by atoms with Gasteiger partial charge in [0.15, 0.2) is 5.16 Å². The zero-order valence-electron chi connectivity index (χ0n) is 22.0. The first-order valence-corrected chi connectivity index (χ1v) is 15.4. The van der Waals surface area contributed by atoms with E-state index in [1.165, 1.54) is 16.6 Å². The lowest BCUT2D eigenvalue weighted by Gasteiger charge is -2.14. The zero-order valence-corrected chi connectivity index (χ0v) is 24.4. The molecule has 3 aromatic heterocycles. The lowest BCUT2D eigenvalue weighted by molar-refractivity contribution is -0.113. The number of fused-ring (bicyclic) bond motifs is 6. The van der Waals surface area contributed by atoms with Gasteiger partial charge in [-0.1, -0.05) is 41.6 Å². The van der Waals surface area contributed by atoms with E-state index in [1.807, 2.05) is 30.3 Å². The highest BCUT2D eigenvalue weighted by atomic mass is 35.5. The number of nitrogens with zero attached hydrogens (tertiary/aromatic N) is 2. The Morgan fingerprint density at radius 3 is 2.73 bits per heavy atom. The summed E-state index contributed by atoms with van der Waals surface area (Å²) in [4.78, 5) is 34.0. The van der Waals surface area contributed by atoms with Gasteiger partial charge in [0.05, 0.1) is 29.6 Å². The van der Waals surface area contributed by atoms with Crippen LogP contribution in [0.2, 0.25) is 5.02 Å². The molecule has 3 heterocycles. The normalized spacial score (nSPS) is 13.1. The fourth-order valence-corrected chi connectivity index (χ4v) is 7.68. The minimum absolute atomic E-state index is 0.0396. The second-order valence-corrected chi connectivity index (χ2v) is 12.3. The van der Waals surface area contributed by atoms with E-state index in [0.29, 0.717) is 38.3 Å². The van der Waals surface area contributed by atoms with E-state index in [2.05, 4.69) is 5.32 Å². The summed E-state index contributed by atoms with van der Waals surface area (Å²) in [5, 5.41) is 6.56. The molecule has 10 heteroatoms. The van der Waals surface area contributed by atoms with E-state index in [-0.39, 0.29) is 17.2 Å². The molecule has 1 N–H and O–H groups in total. The molecule has 7 nitrogen and oxygen atoms in total. The molecule has 1 amide bonds. The Balaban J connectivity index is 1.22. The SMILES string of the molecule is COc1cc2c(cc1NC(=O)CSc1nc3sc4c(c3c(=O)n1-c1ccc(Cl)cc1)CCCC4)oc1ccccc12. The van der Waals surface area contributed by atoms with Gasteiger partial charge < -0.3 is 14.5 Å². The Hall–Kier alpha value is -3.79. The quantitative estimate of drug-likeness (QED) is 0.156. The topological polar surface area (TPSA) is 86.4 Å². The van der Waals surface area contributed by atoms with Crippen LogP contribution in [-0.4, -0.2) is 28.3 Å². The van der Waals surface area contributed by atoms with Gasteiger partial charge in [0, 0.05) is 26.7 Å². The number of aromatic nitrogens is 2. The van der Waals surface area contributed by atoms with E-state index < -0.39 is 0 Å². The molecule has 0 aliphatic heterocycles. The van der Waals surface area contributed by atoms with Crippen LogP contribution < -0.4 is 15.6 Å². The predicted molar refractivity (Wildman–Crippen MR) is 166 cm³/mol. The number of halogens is 1. The molecule has 0 bridgehead atoms. The van der Waals surface area contributed by atoms with Gasteiger partial charge in [-0.15, -0.1) is 11.3 Å². The van der Waals surface area contributed by atoms with Crippen LogP contribution in [0.3, 0.4) is 0 Å². The summed E-state index contributed by atoms with van der Waals surface area (Å²) in [6.07, 6.45) is 4.05. The molecule has 0 radical (unpaired) electrons. The van der Waals surface area contributed by atoms with E-state index in [1.54, 1.807) is 53.3 Å². The van der Waals surface area contributed by atoms with Gasteiger partial charge in [0.25, 0.3) is 5.56 Å². The monoisotopic (exact) mass is 601 g/mol. The molecule has 0 saturated heterocycles. The molecular weight excluding hydrogens is 578 g/mol. The first-order chi connectivity index (χ1) is 20.0. The van der Waals surface area contributed by atoms with Gasteiger partial charge in [-0.3, -0.25) is 14.2 Å². The summed E-state index contributed by atoms with van der Waals surface area (Å²) in [5.74, 6) is 0.313. The number of ether oxygens (including phenoxy) is 1. The minimum atomic E-state index is -0.258. The van der Waals surface area contributed by atoms with Gasteiger partial charge >= 0.3 is 0 Å². The van der Waals surface area contributed by atoms with Crippen molar-refractivity contribution in [2.24, 2.45) is 0 Å². The number of furan rings is 1. The van der Waals surface area contributed by atoms with Crippen molar-refractivity contribution < 1.29 is 13.9 Å². The lowest BCUT2D eigenvalue weighted by atomic mass is 9.97. The number of carbonyl (C=O) groups excluding carboxylic acids is 1. The van der Waals surface area contributed by atoms with Gasteiger partial charge in [-0.05, 0) is 67.6 Å². The van der Waals surface area contributed by atoms with Crippen LogP contribution in [0.5, 0.6) is 5.75 Å². The van der Waals surface area contributed by atoms with Crippen molar-refractivity contribution in [2.45, 2.75) is 30.8 Å². The van der Waals surface area contributed by atoms with Crippen molar-refractivity contribution in [3.63, 3.8) is 0 Å². The maximum atomic E-state index is 13.9. The molecule has 206 valence electrons. The number of hydrogen-bond acceptors (Lipinski definition) is 7. The molecule has 0 unspecified atom stereocenters. The highest BCUT2D eigenvalue weighted by molar-refractivity contribution is 7.99. The fraction of sp³-hybridized carbons (Fsp3) is 0.194. The molecule has 41 heavy (non-hydrogen) atoms. The van der Waals surface area contributed by atoms with Crippen molar-refractivity contribution in [3.05, 3.63) is 86.5 Å². The molecular formula is C31H24ClN3O4S2. The lowest BCUT2D eigenvalue weighted by Crippen LogP contribution is -2.23. The summed E-state index contributed by atoms with van der Waals surface area (Å²) in [7, 11) is 1.57. The number of rotatable bonds is 6. The number of thioether (sulfide) groups is 1. The Labute approximate surface area is 248 Å². The summed E-state index contributed by atoms with van der Waals surface area (Å²) in [6, 6.07) is 18.5. The highest BCUT2D eigenvalue weighted by Crippen LogP contribution is 2.37. The third-order valence-corrected chi connectivity index (χ3v) is 9.72. The average molecular weight is 602 g/mol. The highest BCUT2D eigenvalue weighted by Gasteiger charge is 2.23. The third kappa shape index (κ3) is 4.67. The largest absolute Gasteiger partial charge is 0.495 e. The predicted octanol–water partition coefficient (Wildman–Crippen LogP) is 7.62. The molecule has 0 spiro atoms. The number of carbonyl (C=O) groups is 1. The number of thiophene rings is 1. The molecule has 6 aromatic rings. The average Bonchev–Trinajstić information content (AvgIpc) is 3.54. The Bertz CT molecular complexity index is 2030. The molecule has 0 saturated carbocycles. The zero-order chi connectivity index (χ0) is 28.1. The first-order valence-electron chi connectivity index (χ1n) is 13.3. The number of benzene rings is 3. The van der Waals surface area contributed by atoms with Crippen molar-refractivity contribution in [2.75, 3.05) is 18.2 Å². The smallest absolute Gasteiger partial charge is 0.267 e. The summed E-state index contributed by atoms with van der Waals surface area (Å²) in [6.45, 7) is 0. The van der Waals surface area contributed by atoms with Crippen molar-refractivity contribution in [1.29, 1.82) is 0 Å². The van der Waals surface area contributed by atoms with Gasteiger partial charge in [-0.2, -0.15) is 0 Å². The Morgan fingerprint density at radius 2 is 1.90 bits per heavy atom.